The Hall–Kier alpha value is -0.780. The van der Waals surface area contributed by atoms with E-state index in [1.807, 2.05) is 14.1 Å². The van der Waals surface area contributed by atoms with Crippen LogP contribution in [0.5, 0.6) is 0 Å². The number of likely N-dealkylation sites (tertiary alicyclic amines) is 1. The van der Waals surface area contributed by atoms with Crippen LogP contribution >= 0.6 is 0 Å². The molecule has 0 bridgehead atoms. The van der Waals surface area contributed by atoms with Gasteiger partial charge in [-0.3, -0.25) is 4.79 Å². The van der Waals surface area contributed by atoms with Gasteiger partial charge in [0.15, 0.2) is 0 Å². The van der Waals surface area contributed by atoms with Crippen LogP contribution in [-0.2, 0) is 4.79 Å². The van der Waals surface area contributed by atoms with Crippen molar-refractivity contribution in [1.29, 1.82) is 0 Å². The lowest BCUT2D eigenvalue weighted by Gasteiger charge is -2.38. The maximum absolute atomic E-state index is 12.8. The van der Waals surface area contributed by atoms with E-state index < -0.39 is 18.0 Å². The van der Waals surface area contributed by atoms with E-state index in [1.165, 1.54) is 0 Å². The van der Waals surface area contributed by atoms with Gasteiger partial charge in [0.1, 0.15) is 0 Å². The highest BCUT2D eigenvalue weighted by Gasteiger charge is 2.44. The van der Waals surface area contributed by atoms with E-state index in [0.29, 0.717) is 32.0 Å². The molecule has 0 spiro atoms. The summed E-state index contributed by atoms with van der Waals surface area (Å²) in [6.45, 7) is 1.35. The fourth-order valence-electron chi connectivity index (χ4n) is 3.57. The van der Waals surface area contributed by atoms with Gasteiger partial charge in [0.25, 0.3) is 0 Å². The van der Waals surface area contributed by atoms with Crippen molar-refractivity contribution in [2.75, 3.05) is 27.2 Å². The third-order valence-corrected chi connectivity index (χ3v) is 4.99. The summed E-state index contributed by atoms with van der Waals surface area (Å²) in [4.78, 5) is 16.4. The summed E-state index contributed by atoms with van der Waals surface area (Å²) in [7, 11) is 4.05. The van der Waals surface area contributed by atoms with Crippen molar-refractivity contribution >= 4 is 5.91 Å². The monoisotopic (exact) mass is 306 g/mol. The molecule has 1 aliphatic carbocycles. The van der Waals surface area contributed by atoms with Crippen LogP contribution in [0.1, 0.15) is 38.5 Å². The van der Waals surface area contributed by atoms with Crippen LogP contribution in [0, 0.1) is 11.8 Å². The van der Waals surface area contributed by atoms with Crippen molar-refractivity contribution < 1.29 is 18.0 Å². The van der Waals surface area contributed by atoms with Crippen LogP contribution in [-0.4, -0.2) is 55.1 Å². The number of alkyl halides is 3. The Morgan fingerprint density at radius 3 is 2.24 bits per heavy atom. The lowest BCUT2D eigenvalue weighted by atomic mass is 9.80. The molecule has 122 valence electrons. The second-order valence-electron chi connectivity index (χ2n) is 6.62. The third kappa shape index (κ3) is 4.11. The zero-order valence-corrected chi connectivity index (χ0v) is 12.8. The predicted octanol–water partition coefficient (Wildman–Crippen LogP) is 2.91. The normalized spacial score (nSPS) is 29.0. The van der Waals surface area contributed by atoms with Crippen LogP contribution in [0.15, 0.2) is 0 Å². The maximum Gasteiger partial charge on any atom is 0.391 e. The molecule has 21 heavy (non-hydrogen) atoms. The molecular formula is C15H25F3N2O. The van der Waals surface area contributed by atoms with Gasteiger partial charge in [-0.1, -0.05) is 6.42 Å². The van der Waals surface area contributed by atoms with Crippen LogP contribution < -0.4 is 0 Å². The number of amides is 1. The first-order chi connectivity index (χ1) is 9.79. The third-order valence-electron chi connectivity index (χ3n) is 4.99. The number of nitrogens with zero attached hydrogens (tertiary/aromatic N) is 2. The van der Waals surface area contributed by atoms with E-state index in [-0.39, 0.29) is 18.7 Å². The Morgan fingerprint density at radius 2 is 1.71 bits per heavy atom. The van der Waals surface area contributed by atoms with E-state index in [4.69, 9.17) is 0 Å². The molecule has 2 aliphatic rings. The number of piperidine rings is 1. The van der Waals surface area contributed by atoms with Crippen molar-refractivity contribution in [3.05, 3.63) is 0 Å². The second kappa shape index (κ2) is 6.55. The molecule has 2 atom stereocenters. The quantitative estimate of drug-likeness (QED) is 0.783. The molecule has 1 saturated carbocycles. The summed E-state index contributed by atoms with van der Waals surface area (Å²) in [5, 5.41) is 0. The van der Waals surface area contributed by atoms with E-state index in [1.54, 1.807) is 4.90 Å². The molecule has 1 saturated heterocycles. The van der Waals surface area contributed by atoms with Crippen LogP contribution in [0.3, 0.4) is 0 Å². The number of carbonyl (C=O) groups excluding carboxylic acids is 1. The molecule has 0 radical (unpaired) electrons. The highest BCUT2D eigenvalue weighted by Crippen LogP contribution is 2.40. The maximum atomic E-state index is 12.8. The van der Waals surface area contributed by atoms with Crippen LogP contribution in [0.25, 0.3) is 0 Å². The minimum absolute atomic E-state index is 0.0179. The van der Waals surface area contributed by atoms with Gasteiger partial charge in [-0.15, -0.1) is 0 Å². The van der Waals surface area contributed by atoms with Gasteiger partial charge in [0, 0.05) is 25.0 Å². The van der Waals surface area contributed by atoms with Gasteiger partial charge in [-0.05, 0) is 46.2 Å². The molecule has 0 unspecified atom stereocenters. The van der Waals surface area contributed by atoms with Crippen LogP contribution in [0.4, 0.5) is 13.2 Å². The summed E-state index contributed by atoms with van der Waals surface area (Å²) in [6, 6.07) is 0.475. The Balaban J connectivity index is 1.89. The Morgan fingerprint density at radius 1 is 1.10 bits per heavy atom. The molecule has 1 amide bonds. The first-order valence-corrected chi connectivity index (χ1v) is 7.81. The lowest BCUT2D eigenvalue weighted by molar-refractivity contribution is -0.187. The lowest BCUT2D eigenvalue weighted by Crippen LogP contribution is -2.47. The molecule has 2 rings (SSSR count). The fraction of sp³-hybridized carbons (Fsp3) is 0.933. The first-order valence-electron chi connectivity index (χ1n) is 7.81. The highest BCUT2D eigenvalue weighted by atomic mass is 19.4. The second-order valence-corrected chi connectivity index (χ2v) is 6.62. The number of halogens is 3. The molecule has 0 N–H and O–H groups in total. The van der Waals surface area contributed by atoms with E-state index in [9.17, 15) is 18.0 Å². The molecular weight excluding hydrogens is 281 g/mol. The molecule has 1 heterocycles. The Labute approximate surface area is 124 Å². The number of carbonyl (C=O) groups is 1. The summed E-state index contributed by atoms with van der Waals surface area (Å²) in [5.74, 6) is -1.78. The topological polar surface area (TPSA) is 23.6 Å². The average molecular weight is 306 g/mol. The first kappa shape index (κ1) is 16.6. The molecule has 0 aromatic rings. The minimum atomic E-state index is -4.16. The molecule has 2 fully saturated rings. The van der Waals surface area contributed by atoms with Crippen molar-refractivity contribution in [2.45, 2.75) is 50.7 Å². The van der Waals surface area contributed by atoms with Crippen molar-refractivity contribution in [3.8, 4) is 0 Å². The molecule has 6 heteroatoms. The zero-order valence-electron chi connectivity index (χ0n) is 12.8. The SMILES string of the molecule is CN(C)C1CCN(C(=O)[C@@H]2CCC[C@@H](C(F)(F)F)C2)CC1. The van der Waals surface area contributed by atoms with Crippen molar-refractivity contribution in [3.63, 3.8) is 0 Å². The predicted molar refractivity (Wildman–Crippen MR) is 74.8 cm³/mol. The van der Waals surface area contributed by atoms with Crippen LogP contribution in [0.2, 0.25) is 0 Å². The van der Waals surface area contributed by atoms with E-state index in [2.05, 4.69) is 4.90 Å². The van der Waals surface area contributed by atoms with Gasteiger partial charge in [0.2, 0.25) is 5.91 Å². The molecule has 1 aliphatic heterocycles. The number of hydrogen-bond acceptors (Lipinski definition) is 2. The van der Waals surface area contributed by atoms with E-state index in [0.717, 1.165) is 12.8 Å². The van der Waals surface area contributed by atoms with Gasteiger partial charge in [-0.25, -0.2) is 0 Å². The zero-order chi connectivity index (χ0) is 15.6. The van der Waals surface area contributed by atoms with Gasteiger partial charge in [0.05, 0.1) is 5.92 Å². The Bertz CT molecular complexity index is 362. The van der Waals surface area contributed by atoms with Gasteiger partial charge < -0.3 is 9.80 Å². The fourth-order valence-corrected chi connectivity index (χ4v) is 3.57. The average Bonchev–Trinajstić information content (AvgIpc) is 2.46. The number of hydrogen-bond donors (Lipinski definition) is 0. The number of rotatable bonds is 2. The summed E-state index contributed by atoms with van der Waals surface area (Å²) >= 11 is 0. The smallest absolute Gasteiger partial charge is 0.342 e. The van der Waals surface area contributed by atoms with Gasteiger partial charge in [-0.2, -0.15) is 13.2 Å². The minimum Gasteiger partial charge on any atom is -0.342 e. The summed E-state index contributed by atoms with van der Waals surface area (Å²) < 4.78 is 38.5. The molecule has 3 nitrogen and oxygen atoms in total. The highest BCUT2D eigenvalue weighted by molar-refractivity contribution is 5.79. The molecule has 0 aromatic carbocycles. The van der Waals surface area contributed by atoms with Crippen molar-refractivity contribution in [2.24, 2.45) is 11.8 Å². The standard InChI is InChI=1S/C15H25F3N2O/c1-19(2)13-6-8-20(9-7-13)14(21)11-4-3-5-12(10-11)15(16,17)18/h11-13H,3-10H2,1-2H3/t11-,12-/m1/s1. The Kier molecular flexibility index (Phi) is 5.17. The van der Waals surface area contributed by atoms with E-state index >= 15 is 0 Å². The van der Waals surface area contributed by atoms with Crippen molar-refractivity contribution in [1.82, 2.24) is 9.80 Å². The largest absolute Gasteiger partial charge is 0.391 e. The van der Waals surface area contributed by atoms with Gasteiger partial charge >= 0.3 is 6.18 Å². The molecule has 0 aromatic heterocycles. The summed E-state index contributed by atoms with van der Waals surface area (Å²) in [5.41, 5.74) is 0. The summed E-state index contributed by atoms with van der Waals surface area (Å²) in [6.07, 6.45) is -1.06.